The fourth-order valence-corrected chi connectivity index (χ4v) is 3.42. The van der Waals surface area contributed by atoms with Gasteiger partial charge in [0.1, 0.15) is 11.4 Å². The molecule has 1 amide bonds. The quantitative estimate of drug-likeness (QED) is 0.372. The second-order valence-corrected chi connectivity index (χ2v) is 7.45. The van der Waals surface area contributed by atoms with E-state index in [1.807, 2.05) is 12.1 Å². The van der Waals surface area contributed by atoms with Crippen molar-refractivity contribution in [3.63, 3.8) is 0 Å². The van der Waals surface area contributed by atoms with Gasteiger partial charge in [-0.25, -0.2) is 22.0 Å². The first kappa shape index (κ1) is 22.8. The molecule has 1 aliphatic heterocycles. The van der Waals surface area contributed by atoms with E-state index in [0.717, 1.165) is 11.3 Å². The van der Waals surface area contributed by atoms with Crippen molar-refractivity contribution in [1.82, 2.24) is 4.90 Å². The van der Waals surface area contributed by atoms with Gasteiger partial charge in [0.05, 0.1) is 0 Å². The Hall–Kier alpha value is -2.84. The number of hydrogen-bond acceptors (Lipinski definition) is 3. The fraction of sp³-hybridized carbons (Fsp3) is 0.409. The first-order valence-corrected chi connectivity index (χ1v) is 10.0. The van der Waals surface area contributed by atoms with Gasteiger partial charge in [0.15, 0.2) is 29.9 Å². The first-order valence-electron chi connectivity index (χ1n) is 10.0. The highest BCUT2D eigenvalue weighted by Crippen LogP contribution is 2.31. The number of carbonyl (C=O) groups is 1. The molecule has 1 atom stereocenters. The van der Waals surface area contributed by atoms with Gasteiger partial charge in [-0.3, -0.25) is 4.79 Å². The molecule has 1 saturated heterocycles. The molecule has 0 unspecified atom stereocenters. The zero-order valence-electron chi connectivity index (χ0n) is 17.2. The van der Waals surface area contributed by atoms with Crippen LogP contribution in [-0.2, 0) is 4.79 Å². The summed E-state index contributed by atoms with van der Waals surface area (Å²) >= 11 is 0. The lowest BCUT2D eigenvalue weighted by atomic mass is 9.99. The van der Waals surface area contributed by atoms with Gasteiger partial charge in [0.2, 0.25) is 5.82 Å². The molecule has 31 heavy (non-hydrogen) atoms. The summed E-state index contributed by atoms with van der Waals surface area (Å²) in [6, 6.07) is 7.46. The Balaban J connectivity index is 1.57. The Kier molecular flexibility index (Phi) is 7.02. The van der Waals surface area contributed by atoms with Crippen LogP contribution in [0.15, 0.2) is 24.3 Å². The van der Waals surface area contributed by atoms with Crippen LogP contribution in [0.5, 0.6) is 5.75 Å². The summed E-state index contributed by atoms with van der Waals surface area (Å²) in [5.74, 6) is -9.28. The van der Waals surface area contributed by atoms with E-state index in [4.69, 9.17) is 4.74 Å². The van der Waals surface area contributed by atoms with Gasteiger partial charge >= 0.3 is 0 Å². The molecular weight excluding hydrogens is 419 g/mol. The highest BCUT2D eigenvalue weighted by molar-refractivity contribution is 5.78. The lowest BCUT2D eigenvalue weighted by Gasteiger charge is -2.36. The zero-order valence-corrected chi connectivity index (χ0v) is 17.2. The molecule has 0 bridgehead atoms. The fourth-order valence-electron chi connectivity index (χ4n) is 3.42. The lowest BCUT2D eigenvalue weighted by molar-refractivity contribution is -0.133. The molecule has 1 heterocycles. The molecule has 0 aromatic heterocycles. The number of nitrogens with zero attached hydrogens (tertiary/aromatic N) is 2. The number of amides is 1. The van der Waals surface area contributed by atoms with Crippen molar-refractivity contribution in [1.29, 1.82) is 0 Å². The Morgan fingerprint density at radius 1 is 0.903 bits per heavy atom. The van der Waals surface area contributed by atoms with Crippen LogP contribution in [0.2, 0.25) is 0 Å². The highest BCUT2D eigenvalue weighted by Gasteiger charge is 2.31. The lowest BCUT2D eigenvalue weighted by Crippen LogP contribution is -2.50. The minimum atomic E-state index is -2.19. The van der Waals surface area contributed by atoms with Crippen molar-refractivity contribution in [3.8, 4) is 5.75 Å². The third kappa shape index (κ3) is 4.75. The van der Waals surface area contributed by atoms with E-state index in [2.05, 4.69) is 13.8 Å². The summed E-state index contributed by atoms with van der Waals surface area (Å²) in [6.45, 7) is 3.97. The van der Waals surface area contributed by atoms with Crippen molar-refractivity contribution in [3.05, 3.63) is 58.9 Å². The van der Waals surface area contributed by atoms with Gasteiger partial charge in [-0.1, -0.05) is 26.0 Å². The van der Waals surface area contributed by atoms with Crippen molar-refractivity contribution in [2.45, 2.75) is 26.2 Å². The minimum Gasteiger partial charge on any atom is -0.484 e. The van der Waals surface area contributed by atoms with E-state index in [-0.39, 0.29) is 38.7 Å². The molecule has 4 nitrogen and oxygen atoms in total. The number of anilines is 1. The standard InChI is InChI=1S/C22H23F5N2O2/c1-3-13(2)14-4-6-15(7-5-14)31-12-16(30)28-8-10-29(11-9-28)22-20(26)18(24)17(23)19(25)21(22)27/h4-7,13H,3,8-12H2,1-2H3/t13-/m0/s1. The normalized spacial score (nSPS) is 15.2. The van der Waals surface area contributed by atoms with Crippen LogP contribution in [0.25, 0.3) is 0 Å². The maximum absolute atomic E-state index is 14.0. The van der Waals surface area contributed by atoms with Gasteiger partial charge in [0, 0.05) is 26.2 Å². The third-order valence-electron chi connectivity index (χ3n) is 5.56. The Morgan fingerprint density at radius 3 is 1.94 bits per heavy atom. The summed E-state index contributed by atoms with van der Waals surface area (Å²) in [4.78, 5) is 14.9. The topological polar surface area (TPSA) is 32.8 Å². The summed E-state index contributed by atoms with van der Waals surface area (Å²) < 4.78 is 73.6. The number of benzene rings is 2. The number of hydrogen-bond donors (Lipinski definition) is 0. The average molecular weight is 442 g/mol. The zero-order chi connectivity index (χ0) is 22.7. The number of ether oxygens (including phenoxy) is 1. The van der Waals surface area contributed by atoms with Gasteiger partial charge in [-0.15, -0.1) is 0 Å². The predicted molar refractivity (Wildman–Crippen MR) is 106 cm³/mol. The Bertz CT molecular complexity index is 915. The van der Waals surface area contributed by atoms with E-state index >= 15 is 0 Å². The molecule has 0 radical (unpaired) electrons. The van der Waals surface area contributed by atoms with Crippen molar-refractivity contribution in [2.75, 3.05) is 37.7 Å². The van der Waals surface area contributed by atoms with E-state index in [0.29, 0.717) is 11.7 Å². The molecular formula is C22H23F5N2O2. The molecule has 3 rings (SSSR count). The highest BCUT2D eigenvalue weighted by atomic mass is 19.2. The second kappa shape index (κ2) is 9.53. The van der Waals surface area contributed by atoms with E-state index < -0.39 is 34.8 Å². The van der Waals surface area contributed by atoms with Crippen LogP contribution < -0.4 is 9.64 Å². The van der Waals surface area contributed by atoms with Crippen LogP contribution >= 0.6 is 0 Å². The number of halogens is 5. The van der Waals surface area contributed by atoms with Gasteiger partial charge < -0.3 is 14.5 Å². The molecule has 9 heteroatoms. The van der Waals surface area contributed by atoms with Gasteiger partial charge in [-0.05, 0) is 30.0 Å². The van der Waals surface area contributed by atoms with Crippen molar-refractivity contribution < 1.29 is 31.5 Å². The van der Waals surface area contributed by atoms with Gasteiger partial charge in [0.25, 0.3) is 5.91 Å². The second-order valence-electron chi connectivity index (χ2n) is 7.45. The Labute approximate surface area is 177 Å². The van der Waals surface area contributed by atoms with Crippen LogP contribution in [0, 0.1) is 29.1 Å². The van der Waals surface area contributed by atoms with Crippen LogP contribution in [0.1, 0.15) is 31.7 Å². The largest absolute Gasteiger partial charge is 0.484 e. The van der Waals surface area contributed by atoms with Gasteiger partial charge in [-0.2, -0.15) is 0 Å². The average Bonchev–Trinajstić information content (AvgIpc) is 2.80. The van der Waals surface area contributed by atoms with Crippen LogP contribution in [0.4, 0.5) is 27.6 Å². The number of carbonyl (C=O) groups excluding carboxylic acids is 1. The molecule has 1 aliphatic rings. The molecule has 1 fully saturated rings. The molecule has 0 saturated carbocycles. The van der Waals surface area contributed by atoms with E-state index in [1.54, 1.807) is 12.1 Å². The smallest absolute Gasteiger partial charge is 0.260 e. The maximum atomic E-state index is 14.0. The maximum Gasteiger partial charge on any atom is 0.260 e. The van der Waals surface area contributed by atoms with E-state index in [9.17, 15) is 26.7 Å². The van der Waals surface area contributed by atoms with Crippen LogP contribution in [0.3, 0.4) is 0 Å². The predicted octanol–water partition coefficient (Wildman–Crippen LogP) is 4.62. The molecule has 0 spiro atoms. The minimum absolute atomic E-state index is 0.0641. The summed E-state index contributed by atoms with van der Waals surface area (Å²) in [5, 5.41) is 0. The number of rotatable bonds is 6. The molecule has 2 aromatic carbocycles. The monoisotopic (exact) mass is 442 g/mol. The molecule has 0 N–H and O–H groups in total. The molecule has 2 aromatic rings. The third-order valence-corrected chi connectivity index (χ3v) is 5.56. The first-order chi connectivity index (χ1) is 14.7. The molecule has 168 valence electrons. The van der Waals surface area contributed by atoms with Crippen LogP contribution in [-0.4, -0.2) is 43.6 Å². The molecule has 0 aliphatic carbocycles. The Morgan fingerprint density at radius 2 is 1.42 bits per heavy atom. The summed E-state index contributed by atoms with van der Waals surface area (Å²) in [7, 11) is 0. The van der Waals surface area contributed by atoms with E-state index in [1.165, 1.54) is 10.5 Å². The number of piperazine rings is 1. The van der Waals surface area contributed by atoms with Crippen molar-refractivity contribution >= 4 is 11.6 Å². The summed E-state index contributed by atoms with van der Waals surface area (Å²) in [6.07, 6.45) is 1.01. The van der Waals surface area contributed by atoms with Crippen molar-refractivity contribution in [2.24, 2.45) is 0 Å². The summed E-state index contributed by atoms with van der Waals surface area (Å²) in [5.41, 5.74) is 0.201. The SMILES string of the molecule is CC[C@H](C)c1ccc(OCC(=O)N2CCN(c3c(F)c(F)c(F)c(F)c3F)CC2)cc1.